The van der Waals surface area contributed by atoms with Crippen LogP contribution in [-0.2, 0) is 9.59 Å². The molecule has 0 aromatic heterocycles. The molecule has 4 unspecified atom stereocenters. The van der Waals surface area contributed by atoms with E-state index in [0.29, 0.717) is 18.8 Å². The number of aliphatic carboxylic acids is 1. The van der Waals surface area contributed by atoms with Gasteiger partial charge >= 0.3 is 5.97 Å². The van der Waals surface area contributed by atoms with Crippen molar-refractivity contribution < 1.29 is 19.1 Å². The fraction of sp³-hybridized carbons (Fsp3) is 0.529. The molecule has 2 aliphatic carbocycles. The topological polar surface area (TPSA) is 66.4 Å². The van der Waals surface area contributed by atoms with Crippen LogP contribution in [0.2, 0.25) is 0 Å². The molecular weight excluding hydrogens is 285 g/mol. The normalized spacial score (nSPS) is 30.6. The third kappa shape index (κ3) is 2.98. The van der Waals surface area contributed by atoms with E-state index >= 15 is 0 Å². The van der Waals surface area contributed by atoms with Crippen molar-refractivity contribution in [2.24, 2.45) is 11.8 Å². The third-order valence-electron chi connectivity index (χ3n) is 5.05. The number of hydrogen-bond donors (Lipinski definition) is 2. The number of nitrogens with one attached hydrogen (secondary N) is 1. The van der Waals surface area contributed by atoms with Crippen LogP contribution in [-0.4, -0.2) is 23.0 Å². The van der Waals surface area contributed by atoms with E-state index in [1.807, 2.05) is 0 Å². The summed E-state index contributed by atoms with van der Waals surface area (Å²) < 4.78 is 13.0. The largest absolute Gasteiger partial charge is 0.481 e. The highest BCUT2D eigenvalue weighted by Gasteiger charge is 2.42. The fourth-order valence-electron chi connectivity index (χ4n) is 3.57. The molecule has 0 bridgehead atoms. The molecule has 2 N–H and O–H groups in total. The molecule has 2 aliphatic rings. The van der Waals surface area contributed by atoms with Crippen molar-refractivity contribution >= 4 is 11.9 Å². The Balaban J connectivity index is 1.54. The number of amides is 1. The van der Waals surface area contributed by atoms with Gasteiger partial charge in [0.2, 0.25) is 5.91 Å². The molecule has 1 amide bonds. The number of carboxylic acids is 1. The van der Waals surface area contributed by atoms with Gasteiger partial charge in [0.05, 0.1) is 11.8 Å². The molecule has 3 rings (SSSR count). The number of rotatable bonds is 4. The van der Waals surface area contributed by atoms with Crippen molar-refractivity contribution in [3.63, 3.8) is 0 Å². The first-order valence-electron chi connectivity index (χ1n) is 7.83. The Labute approximate surface area is 128 Å². The van der Waals surface area contributed by atoms with Crippen molar-refractivity contribution in [1.29, 1.82) is 0 Å². The van der Waals surface area contributed by atoms with Crippen LogP contribution in [0.5, 0.6) is 0 Å². The van der Waals surface area contributed by atoms with Crippen molar-refractivity contribution in [3.8, 4) is 0 Å². The van der Waals surface area contributed by atoms with Crippen LogP contribution >= 0.6 is 0 Å². The molecule has 1 aromatic carbocycles. The van der Waals surface area contributed by atoms with E-state index < -0.39 is 11.9 Å². The zero-order valence-electron chi connectivity index (χ0n) is 12.3. The van der Waals surface area contributed by atoms with Gasteiger partial charge in [0.1, 0.15) is 5.82 Å². The van der Waals surface area contributed by atoms with Crippen LogP contribution in [0.25, 0.3) is 0 Å². The second-order valence-corrected chi connectivity index (χ2v) is 6.40. The summed E-state index contributed by atoms with van der Waals surface area (Å²) in [6.45, 7) is 0. The van der Waals surface area contributed by atoms with Gasteiger partial charge in [-0.25, -0.2) is 4.39 Å². The number of hydrogen-bond acceptors (Lipinski definition) is 2. The summed E-state index contributed by atoms with van der Waals surface area (Å²) >= 11 is 0. The molecule has 22 heavy (non-hydrogen) atoms. The first-order chi connectivity index (χ1) is 10.5. The lowest BCUT2D eigenvalue weighted by Gasteiger charge is -2.32. The predicted octanol–water partition coefficient (Wildman–Crippen LogP) is 2.69. The van der Waals surface area contributed by atoms with E-state index in [1.54, 1.807) is 12.1 Å². The minimum atomic E-state index is -0.873. The van der Waals surface area contributed by atoms with Crippen LogP contribution in [0.4, 0.5) is 4.39 Å². The van der Waals surface area contributed by atoms with Crippen LogP contribution in [0.1, 0.15) is 43.6 Å². The van der Waals surface area contributed by atoms with Gasteiger partial charge in [-0.2, -0.15) is 0 Å². The lowest BCUT2D eigenvalue weighted by molar-refractivity contribution is -0.152. The van der Waals surface area contributed by atoms with Gasteiger partial charge in [-0.15, -0.1) is 0 Å². The number of halogens is 1. The maximum absolute atomic E-state index is 13.0. The van der Waals surface area contributed by atoms with Crippen LogP contribution < -0.4 is 5.32 Å². The lowest BCUT2D eigenvalue weighted by Crippen LogP contribution is -2.46. The Hall–Kier alpha value is -1.91. The third-order valence-corrected chi connectivity index (χ3v) is 5.05. The summed E-state index contributed by atoms with van der Waals surface area (Å²) in [5.41, 5.74) is 1.10. The molecule has 0 heterocycles. The molecule has 2 fully saturated rings. The fourth-order valence-corrected chi connectivity index (χ4v) is 3.57. The van der Waals surface area contributed by atoms with E-state index in [-0.39, 0.29) is 23.7 Å². The summed E-state index contributed by atoms with van der Waals surface area (Å²) in [6, 6.07) is 6.63. The highest BCUT2D eigenvalue weighted by Crippen LogP contribution is 2.37. The Morgan fingerprint density at radius 2 is 1.73 bits per heavy atom. The summed E-state index contributed by atoms with van der Waals surface area (Å²) in [4.78, 5) is 23.1. The number of carbonyl (C=O) groups is 2. The van der Waals surface area contributed by atoms with Gasteiger partial charge in [0, 0.05) is 6.04 Å². The highest BCUT2D eigenvalue weighted by molar-refractivity contribution is 5.86. The molecule has 1 aromatic rings. The van der Waals surface area contributed by atoms with Gasteiger partial charge in [-0.3, -0.25) is 9.59 Å². The molecule has 0 aliphatic heterocycles. The van der Waals surface area contributed by atoms with Crippen molar-refractivity contribution in [2.75, 3.05) is 0 Å². The molecule has 4 nitrogen and oxygen atoms in total. The van der Waals surface area contributed by atoms with E-state index in [9.17, 15) is 14.0 Å². The highest BCUT2D eigenvalue weighted by atomic mass is 19.1. The summed E-state index contributed by atoms with van der Waals surface area (Å²) in [5, 5.41) is 12.0. The smallest absolute Gasteiger partial charge is 0.307 e. The molecule has 118 valence electrons. The quantitative estimate of drug-likeness (QED) is 0.899. The standard InChI is InChI=1S/C17H20FNO3/c18-12-4-1-10(2-5-12)11-3-6-13(9-11)19-16(20)14-7-8-15(14)17(21)22/h1-2,4-5,11,13-15H,3,6-9H2,(H,19,20)(H,21,22). The average molecular weight is 305 g/mol. The SMILES string of the molecule is O=C(O)C1CCC1C(=O)NC1CCC(c2ccc(F)cc2)C1. The number of benzene rings is 1. The molecule has 0 spiro atoms. The molecule has 5 heteroatoms. The molecular formula is C17H20FNO3. The molecule has 0 radical (unpaired) electrons. The number of carbonyl (C=O) groups excluding carboxylic acids is 1. The monoisotopic (exact) mass is 305 g/mol. The van der Waals surface area contributed by atoms with Crippen molar-refractivity contribution in [1.82, 2.24) is 5.32 Å². The zero-order valence-corrected chi connectivity index (χ0v) is 12.3. The second kappa shape index (κ2) is 6.07. The van der Waals surface area contributed by atoms with E-state index in [1.165, 1.54) is 12.1 Å². The maximum atomic E-state index is 13.0. The molecule has 2 saturated carbocycles. The summed E-state index contributed by atoms with van der Waals surface area (Å²) in [5.74, 6) is -1.79. The Morgan fingerprint density at radius 3 is 2.32 bits per heavy atom. The van der Waals surface area contributed by atoms with E-state index in [0.717, 1.165) is 24.8 Å². The van der Waals surface area contributed by atoms with Crippen LogP contribution in [0.3, 0.4) is 0 Å². The van der Waals surface area contributed by atoms with Crippen LogP contribution in [0.15, 0.2) is 24.3 Å². The number of carboxylic acid groups (broad SMARTS) is 1. The zero-order chi connectivity index (χ0) is 15.7. The lowest BCUT2D eigenvalue weighted by atomic mass is 9.73. The maximum Gasteiger partial charge on any atom is 0.307 e. The first kappa shape index (κ1) is 15.0. The van der Waals surface area contributed by atoms with Gasteiger partial charge in [-0.1, -0.05) is 12.1 Å². The van der Waals surface area contributed by atoms with Crippen molar-refractivity contribution in [3.05, 3.63) is 35.6 Å². The minimum absolute atomic E-state index is 0.0950. The Kier molecular flexibility index (Phi) is 4.14. The molecule has 0 saturated heterocycles. The Morgan fingerprint density at radius 1 is 1.05 bits per heavy atom. The van der Waals surface area contributed by atoms with E-state index in [2.05, 4.69) is 5.32 Å². The van der Waals surface area contributed by atoms with E-state index in [4.69, 9.17) is 5.11 Å². The van der Waals surface area contributed by atoms with Crippen molar-refractivity contribution in [2.45, 2.75) is 44.1 Å². The van der Waals surface area contributed by atoms with Crippen LogP contribution in [0, 0.1) is 17.7 Å². The van der Waals surface area contributed by atoms with Gasteiger partial charge < -0.3 is 10.4 Å². The summed E-state index contributed by atoms with van der Waals surface area (Å²) in [7, 11) is 0. The van der Waals surface area contributed by atoms with Gasteiger partial charge in [0.15, 0.2) is 0 Å². The molecule has 4 atom stereocenters. The van der Waals surface area contributed by atoms with Gasteiger partial charge in [0.25, 0.3) is 0 Å². The minimum Gasteiger partial charge on any atom is -0.481 e. The average Bonchev–Trinajstić information content (AvgIpc) is 2.85. The predicted molar refractivity (Wildman–Crippen MR) is 78.8 cm³/mol. The Bertz CT molecular complexity index is 572. The first-order valence-corrected chi connectivity index (χ1v) is 7.83. The second-order valence-electron chi connectivity index (χ2n) is 6.40. The summed E-state index contributed by atoms with van der Waals surface area (Å²) in [6.07, 6.45) is 3.94. The van der Waals surface area contributed by atoms with Gasteiger partial charge in [-0.05, 0) is 55.7 Å².